The molecule has 3 rings (SSSR count). The number of nitrogens with one attached hydrogen (secondary N) is 2. The summed E-state index contributed by atoms with van der Waals surface area (Å²) in [5.74, 6) is 0.143. The van der Waals surface area contributed by atoms with Gasteiger partial charge in [-0.1, -0.05) is 38.1 Å². The van der Waals surface area contributed by atoms with E-state index in [0.29, 0.717) is 12.6 Å². The van der Waals surface area contributed by atoms with E-state index in [2.05, 4.69) is 54.9 Å². The molecule has 1 aliphatic heterocycles. The van der Waals surface area contributed by atoms with E-state index in [1.165, 1.54) is 33.7 Å². The third kappa shape index (κ3) is 3.70. The smallest absolute Gasteiger partial charge is 0.279 e. The quantitative estimate of drug-likeness (QED) is 0.829. The molecule has 0 spiro atoms. The molecule has 128 valence electrons. The van der Waals surface area contributed by atoms with Gasteiger partial charge in [-0.3, -0.25) is 4.79 Å². The van der Waals surface area contributed by atoms with Crippen LogP contribution in [0.4, 0.5) is 5.69 Å². The van der Waals surface area contributed by atoms with Crippen LogP contribution < -0.4 is 10.2 Å². The maximum absolute atomic E-state index is 12.7. The number of carbonyl (C=O) groups excluding carboxylic acids is 1. The van der Waals surface area contributed by atoms with Gasteiger partial charge in [-0.15, -0.1) is 11.3 Å². The lowest BCUT2D eigenvalue weighted by Crippen LogP contribution is -3.11. The zero-order chi connectivity index (χ0) is 16.9. The van der Waals surface area contributed by atoms with Crippen molar-refractivity contribution < 1.29 is 9.69 Å². The summed E-state index contributed by atoms with van der Waals surface area (Å²) in [6.45, 7) is 5.93. The van der Waals surface area contributed by atoms with Crippen LogP contribution in [0.25, 0.3) is 0 Å². The van der Waals surface area contributed by atoms with E-state index >= 15 is 0 Å². The predicted molar refractivity (Wildman–Crippen MR) is 101 cm³/mol. The molecule has 24 heavy (non-hydrogen) atoms. The van der Waals surface area contributed by atoms with Crippen molar-refractivity contribution in [2.24, 2.45) is 0 Å². The number of thiophene rings is 1. The van der Waals surface area contributed by atoms with Gasteiger partial charge in [-0.05, 0) is 35.4 Å². The Morgan fingerprint density at radius 3 is 2.58 bits per heavy atom. The Balaban J connectivity index is 1.70. The van der Waals surface area contributed by atoms with Crippen LogP contribution >= 0.6 is 11.3 Å². The third-order valence-corrected chi connectivity index (χ3v) is 6.01. The molecular weight excluding hydrogens is 316 g/mol. The van der Waals surface area contributed by atoms with Crippen molar-refractivity contribution in [2.75, 3.05) is 18.4 Å². The molecular formula is C20H27N2OS+. The van der Waals surface area contributed by atoms with Crippen LogP contribution in [-0.4, -0.2) is 19.0 Å². The summed E-state index contributed by atoms with van der Waals surface area (Å²) in [7, 11) is 0. The summed E-state index contributed by atoms with van der Waals surface area (Å²) >= 11 is 1.81. The maximum Gasteiger partial charge on any atom is 0.279 e. The number of likely N-dealkylation sites (tertiary alicyclic amines) is 1. The zero-order valence-corrected chi connectivity index (χ0v) is 15.4. The van der Waals surface area contributed by atoms with Crippen molar-refractivity contribution in [1.82, 2.24) is 0 Å². The van der Waals surface area contributed by atoms with E-state index in [4.69, 9.17) is 0 Å². The number of amides is 1. The van der Waals surface area contributed by atoms with E-state index in [1.54, 1.807) is 0 Å². The standard InChI is InChI=1S/C20H26N2OS/c1-3-15-8-5-9-16(4-2)20(15)21-19(23)14-22-12-6-10-17(22)18-11-7-13-24-18/h5,7-9,11,13,17H,3-4,6,10,12,14H2,1-2H3,(H,21,23)/p+1/t17-/m0/s1. The highest BCUT2D eigenvalue weighted by atomic mass is 32.1. The number of carbonyl (C=O) groups is 1. The largest absolute Gasteiger partial charge is 0.321 e. The minimum atomic E-state index is 0.143. The van der Waals surface area contributed by atoms with Crippen molar-refractivity contribution in [2.45, 2.75) is 45.6 Å². The Bertz CT molecular complexity index is 659. The number of quaternary nitrogens is 1. The molecule has 1 aromatic carbocycles. The molecule has 0 radical (unpaired) electrons. The van der Waals surface area contributed by atoms with Crippen molar-refractivity contribution in [3.63, 3.8) is 0 Å². The van der Waals surface area contributed by atoms with Gasteiger partial charge in [-0.25, -0.2) is 0 Å². The minimum absolute atomic E-state index is 0.143. The van der Waals surface area contributed by atoms with Gasteiger partial charge < -0.3 is 10.2 Å². The average molecular weight is 344 g/mol. The van der Waals surface area contributed by atoms with Crippen LogP contribution in [0.15, 0.2) is 35.7 Å². The summed E-state index contributed by atoms with van der Waals surface area (Å²) in [5.41, 5.74) is 3.50. The second-order valence-electron chi connectivity index (χ2n) is 6.50. The SMILES string of the molecule is CCc1cccc(CC)c1NC(=O)C[NH+]1CCC[C@H]1c1cccs1. The average Bonchev–Trinajstić information content (AvgIpc) is 3.26. The van der Waals surface area contributed by atoms with Gasteiger partial charge in [0.25, 0.3) is 5.91 Å². The molecule has 0 bridgehead atoms. The topological polar surface area (TPSA) is 33.5 Å². The minimum Gasteiger partial charge on any atom is -0.321 e. The fourth-order valence-corrected chi connectivity index (χ4v) is 4.67. The molecule has 1 aliphatic rings. The first-order valence-electron chi connectivity index (χ1n) is 9.01. The van der Waals surface area contributed by atoms with E-state index in [1.807, 2.05) is 11.3 Å². The highest BCUT2D eigenvalue weighted by Gasteiger charge is 2.32. The molecule has 2 heterocycles. The molecule has 1 amide bonds. The molecule has 2 N–H and O–H groups in total. The summed E-state index contributed by atoms with van der Waals surface area (Å²) in [4.78, 5) is 15.5. The van der Waals surface area contributed by atoms with E-state index in [-0.39, 0.29) is 5.91 Å². The number of hydrogen-bond donors (Lipinski definition) is 2. The molecule has 2 atom stereocenters. The van der Waals surface area contributed by atoms with Gasteiger partial charge in [0.1, 0.15) is 6.04 Å². The lowest BCUT2D eigenvalue weighted by molar-refractivity contribution is -0.910. The van der Waals surface area contributed by atoms with Crippen molar-refractivity contribution >= 4 is 22.9 Å². The third-order valence-electron chi connectivity index (χ3n) is 5.02. The molecule has 1 unspecified atom stereocenters. The van der Waals surface area contributed by atoms with Crippen molar-refractivity contribution in [1.29, 1.82) is 0 Å². The first-order chi connectivity index (χ1) is 11.7. The van der Waals surface area contributed by atoms with Crippen LogP contribution in [0.3, 0.4) is 0 Å². The van der Waals surface area contributed by atoms with Crippen LogP contribution in [0, 0.1) is 0 Å². The lowest BCUT2D eigenvalue weighted by atomic mass is 10.0. The number of benzene rings is 1. The van der Waals surface area contributed by atoms with Gasteiger partial charge in [-0.2, -0.15) is 0 Å². The zero-order valence-electron chi connectivity index (χ0n) is 14.6. The molecule has 1 fully saturated rings. The summed E-state index contributed by atoms with van der Waals surface area (Å²) in [5, 5.41) is 5.35. The molecule has 0 saturated carbocycles. The number of aryl methyl sites for hydroxylation is 2. The molecule has 3 nitrogen and oxygen atoms in total. The van der Waals surface area contributed by atoms with E-state index in [0.717, 1.165) is 25.1 Å². The van der Waals surface area contributed by atoms with Gasteiger partial charge in [0.15, 0.2) is 6.54 Å². The van der Waals surface area contributed by atoms with Gasteiger partial charge in [0.05, 0.1) is 11.4 Å². The van der Waals surface area contributed by atoms with Crippen molar-refractivity contribution in [3.05, 3.63) is 51.7 Å². The Morgan fingerprint density at radius 1 is 1.21 bits per heavy atom. The van der Waals surface area contributed by atoms with Gasteiger partial charge in [0, 0.05) is 18.5 Å². The molecule has 1 aromatic heterocycles. The van der Waals surface area contributed by atoms with E-state index < -0.39 is 0 Å². The first kappa shape index (κ1) is 17.2. The molecule has 2 aromatic rings. The lowest BCUT2D eigenvalue weighted by Gasteiger charge is -2.21. The van der Waals surface area contributed by atoms with Crippen LogP contribution in [-0.2, 0) is 17.6 Å². The normalized spacial score (nSPS) is 20.2. The monoisotopic (exact) mass is 343 g/mol. The number of hydrogen-bond acceptors (Lipinski definition) is 2. The highest BCUT2D eigenvalue weighted by Crippen LogP contribution is 2.24. The second-order valence-corrected chi connectivity index (χ2v) is 7.48. The van der Waals surface area contributed by atoms with Crippen molar-refractivity contribution in [3.8, 4) is 0 Å². The van der Waals surface area contributed by atoms with Gasteiger partial charge >= 0.3 is 0 Å². The summed E-state index contributed by atoms with van der Waals surface area (Å²) < 4.78 is 0. The number of rotatable bonds is 6. The fraction of sp³-hybridized carbons (Fsp3) is 0.450. The molecule has 1 saturated heterocycles. The van der Waals surface area contributed by atoms with Crippen LogP contribution in [0.5, 0.6) is 0 Å². The maximum atomic E-state index is 12.7. The fourth-order valence-electron chi connectivity index (χ4n) is 3.75. The number of anilines is 1. The highest BCUT2D eigenvalue weighted by molar-refractivity contribution is 7.10. The Morgan fingerprint density at radius 2 is 1.96 bits per heavy atom. The first-order valence-corrected chi connectivity index (χ1v) is 9.89. The second kappa shape index (κ2) is 7.95. The Kier molecular flexibility index (Phi) is 5.69. The Labute approximate surface area is 148 Å². The summed E-state index contributed by atoms with van der Waals surface area (Å²) in [6, 6.07) is 11.1. The predicted octanol–water partition coefficient (Wildman–Crippen LogP) is 3.23. The number of para-hydroxylation sites is 1. The molecule has 4 heteroatoms. The van der Waals surface area contributed by atoms with Gasteiger partial charge in [0.2, 0.25) is 0 Å². The summed E-state index contributed by atoms with van der Waals surface area (Å²) in [6.07, 6.45) is 4.28. The van der Waals surface area contributed by atoms with Crippen LogP contribution in [0.1, 0.15) is 48.7 Å². The Hall–Kier alpha value is -1.65. The van der Waals surface area contributed by atoms with Crippen LogP contribution in [0.2, 0.25) is 0 Å². The molecule has 0 aliphatic carbocycles. The van der Waals surface area contributed by atoms with E-state index in [9.17, 15) is 4.79 Å².